The van der Waals surface area contributed by atoms with Crippen LogP contribution in [-0.2, 0) is 0 Å². The van der Waals surface area contributed by atoms with Gasteiger partial charge in [-0.1, -0.05) is 0 Å². The lowest BCUT2D eigenvalue weighted by molar-refractivity contribution is 0.0694. The molecule has 0 bridgehead atoms. The lowest BCUT2D eigenvalue weighted by Gasteiger charge is -2.35. The summed E-state index contributed by atoms with van der Waals surface area (Å²) >= 11 is 0. The van der Waals surface area contributed by atoms with Crippen molar-refractivity contribution in [3.05, 3.63) is 70.0 Å². The normalized spacial score (nSPS) is 16.1. The van der Waals surface area contributed by atoms with Crippen molar-refractivity contribution in [2.45, 2.75) is 18.9 Å². The van der Waals surface area contributed by atoms with Crippen molar-refractivity contribution < 1.29 is 19.1 Å². The molecule has 0 atom stereocenters. The van der Waals surface area contributed by atoms with E-state index in [1.165, 1.54) is 18.6 Å². The number of fused-ring (bicyclic) bond motifs is 1. The molecule has 180 valence electrons. The third-order valence-corrected chi connectivity index (χ3v) is 6.26. The zero-order valence-corrected chi connectivity index (χ0v) is 18.7. The minimum absolute atomic E-state index is 0.0776. The summed E-state index contributed by atoms with van der Waals surface area (Å²) in [5.41, 5.74) is 2.82. The zero-order valence-electron chi connectivity index (χ0n) is 18.7. The Kier molecular flexibility index (Phi) is 5.89. The molecule has 2 fully saturated rings. The number of hydrogen-bond acceptors (Lipinski definition) is 6. The van der Waals surface area contributed by atoms with E-state index in [2.05, 4.69) is 15.5 Å². The number of nitrogens with one attached hydrogen (secondary N) is 1. The third-order valence-electron chi connectivity index (χ3n) is 6.26. The standard InChI is InChI=1S/C24H23FN6O4/c25-19-11-17-20(31(16-1-2-16)13-18(22(17)32)24(34)35)12-21(19)30-9-7-29(8-10-30)14-27-28-23(33)15-3-5-26-6-4-15/h3-6,11-14,16H,1-2,7-10H2,(H,28,33)(H,34,35)/b27-14+. The second kappa shape index (κ2) is 9.16. The number of piperazine rings is 1. The van der Waals surface area contributed by atoms with Crippen LogP contribution >= 0.6 is 0 Å². The number of anilines is 1. The number of pyridine rings is 2. The summed E-state index contributed by atoms with van der Waals surface area (Å²) in [4.78, 5) is 43.9. The summed E-state index contributed by atoms with van der Waals surface area (Å²) in [6.07, 6.45) is 7.75. The molecule has 1 aliphatic heterocycles. The van der Waals surface area contributed by atoms with Crippen LogP contribution < -0.4 is 15.8 Å². The van der Waals surface area contributed by atoms with Gasteiger partial charge in [0.1, 0.15) is 17.7 Å². The number of carbonyl (C=O) groups is 2. The lowest BCUT2D eigenvalue weighted by Crippen LogP contribution is -2.46. The van der Waals surface area contributed by atoms with E-state index < -0.39 is 17.2 Å². The van der Waals surface area contributed by atoms with Gasteiger partial charge in [-0.2, -0.15) is 5.10 Å². The van der Waals surface area contributed by atoms with E-state index in [9.17, 15) is 19.5 Å². The molecule has 0 unspecified atom stereocenters. The van der Waals surface area contributed by atoms with Crippen molar-refractivity contribution in [3.8, 4) is 0 Å². The minimum atomic E-state index is -1.31. The van der Waals surface area contributed by atoms with Crippen LogP contribution in [0.5, 0.6) is 0 Å². The maximum atomic E-state index is 15.1. The second-order valence-corrected chi connectivity index (χ2v) is 8.58. The molecule has 0 radical (unpaired) electrons. The summed E-state index contributed by atoms with van der Waals surface area (Å²) in [6, 6.07) is 6.10. The Bertz CT molecular complexity index is 1380. The first-order valence-electron chi connectivity index (χ1n) is 11.3. The van der Waals surface area contributed by atoms with Crippen LogP contribution in [0.25, 0.3) is 10.9 Å². The molecule has 10 nitrogen and oxygen atoms in total. The van der Waals surface area contributed by atoms with Crippen LogP contribution in [0.1, 0.15) is 39.6 Å². The van der Waals surface area contributed by atoms with E-state index in [1.54, 1.807) is 29.1 Å². The van der Waals surface area contributed by atoms with E-state index in [0.717, 1.165) is 18.9 Å². The number of aromatic carboxylic acids is 1. The summed E-state index contributed by atoms with van der Waals surface area (Å²) in [7, 11) is 0. The van der Waals surface area contributed by atoms with Crippen molar-refractivity contribution in [2.24, 2.45) is 5.10 Å². The monoisotopic (exact) mass is 478 g/mol. The van der Waals surface area contributed by atoms with Gasteiger partial charge in [-0.15, -0.1) is 0 Å². The second-order valence-electron chi connectivity index (χ2n) is 8.58. The molecule has 1 aromatic carbocycles. The van der Waals surface area contributed by atoms with Gasteiger partial charge in [-0.3, -0.25) is 14.6 Å². The SMILES string of the molecule is O=C(N/N=C/N1CCN(c2cc3c(cc2F)c(=O)c(C(=O)O)cn3C2CC2)CC1)c1ccncc1. The highest BCUT2D eigenvalue weighted by molar-refractivity contribution is 5.94. The average molecular weight is 478 g/mol. The summed E-state index contributed by atoms with van der Waals surface area (Å²) < 4.78 is 16.9. The highest BCUT2D eigenvalue weighted by Crippen LogP contribution is 2.38. The van der Waals surface area contributed by atoms with Gasteiger partial charge in [0.2, 0.25) is 5.43 Å². The molecule has 2 aromatic heterocycles. The molecule has 2 N–H and O–H groups in total. The van der Waals surface area contributed by atoms with Gasteiger partial charge in [0.15, 0.2) is 0 Å². The molecule has 11 heteroatoms. The molecule has 1 aliphatic carbocycles. The number of halogens is 1. The van der Waals surface area contributed by atoms with Gasteiger partial charge in [0, 0.05) is 61.8 Å². The maximum absolute atomic E-state index is 15.1. The molecule has 3 heterocycles. The minimum Gasteiger partial charge on any atom is -0.477 e. The van der Waals surface area contributed by atoms with Gasteiger partial charge >= 0.3 is 5.97 Å². The third kappa shape index (κ3) is 4.57. The molecule has 1 saturated heterocycles. The summed E-state index contributed by atoms with van der Waals surface area (Å²) in [6.45, 7) is 2.13. The van der Waals surface area contributed by atoms with Crippen LogP contribution in [0.3, 0.4) is 0 Å². The Morgan fingerprint density at radius 3 is 2.51 bits per heavy atom. The highest BCUT2D eigenvalue weighted by atomic mass is 19.1. The predicted molar refractivity (Wildman–Crippen MR) is 127 cm³/mol. The zero-order chi connectivity index (χ0) is 24.5. The topological polar surface area (TPSA) is 120 Å². The van der Waals surface area contributed by atoms with Crippen molar-refractivity contribution in [2.75, 3.05) is 31.1 Å². The van der Waals surface area contributed by atoms with E-state index >= 15 is 4.39 Å². The Balaban J connectivity index is 1.31. The Labute approximate surface area is 199 Å². The number of carboxylic acids is 1. The van der Waals surface area contributed by atoms with Crippen LogP contribution in [0.2, 0.25) is 0 Å². The first-order valence-corrected chi connectivity index (χ1v) is 11.3. The summed E-state index contributed by atoms with van der Waals surface area (Å²) in [5, 5.41) is 13.5. The molecule has 35 heavy (non-hydrogen) atoms. The van der Waals surface area contributed by atoms with Crippen molar-refractivity contribution in [1.82, 2.24) is 19.9 Å². The maximum Gasteiger partial charge on any atom is 0.341 e. The van der Waals surface area contributed by atoms with Gasteiger partial charge in [0.05, 0.1) is 11.2 Å². The van der Waals surface area contributed by atoms with E-state index in [4.69, 9.17) is 0 Å². The first-order chi connectivity index (χ1) is 16.9. The van der Waals surface area contributed by atoms with Crippen LogP contribution in [0.4, 0.5) is 10.1 Å². The van der Waals surface area contributed by atoms with Gasteiger partial charge in [0.25, 0.3) is 5.91 Å². The number of aromatic nitrogens is 2. The van der Waals surface area contributed by atoms with Crippen molar-refractivity contribution in [1.29, 1.82) is 0 Å². The Hall–Kier alpha value is -4.28. The molecule has 0 spiro atoms. The number of amides is 1. The fourth-order valence-corrected chi connectivity index (χ4v) is 4.22. The van der Waals surface area contributed by atoms with E-state index in [0.29, 0.717) is 42.9 Å². The largest absolute Gasteiger partial charge is 0.477 e. The number of carboxylic acid groups (broad SMARTS) is 1. The molecule has 5 rings (SSSR count). The number of carbonyl (C=O) groups excluding carboxylic acids is 1. The first kappa shape index (κ1) is 22.5. The number of rotatable bonds is 6. The van der Waals surface area contributed by atoms with Gasteiger partial charge in [-0.05, 0) is 37.1 Å². The van der Waals surface area contributed by atoms with Crippen LogP contribution in [-0.4, -0.2) is 64.0 Å². The predicted octanol–water partition coefficient (Wildman–Crippen LogP) is 2.06. The molecule has 1 saturated carbocycles. The van der Waals surface area contributed by atoms with Gasteiger partial charge in [-0.25, -0.2) is 14.6 Å². The van der Waals surface area contributed by atoms with Crippen molar-refractivity contribution in [3.63, 3.8) is 0 Å². The van der Waals surface area contributed by atoms with E-state index in [1.807, 2.05) is 9.80 Å². The molecular weight excluding hydrogens is 455 g/mol. The van der Waals surface area contributed by atoms with Crippen molar-refractivity contribution >= 4 is 34.8 Å². The number of benzene rings is 1. The smallest absolute Gasteiger partial charge is 0.341 e. The number of nitrogens with zero attached hydrogens (tertiary/aromatic N) is 5. The molecular formula is C24H23FN6O4. The number of hydrogen-bond donors (Lipinski definition) is 2. The van der Waals surface area contributed by atoms with Gasteiger partial charge < -0.3 is 19.5 Å². The fourth-order valence-electron chi connectivity index (χ4n) is 4.22. The lowest BCUT2D eigenvalue weighted by atomic mass is 10.1. The van der Waals surface area contributed by atoms with Crippen LogP contribution in [0, 0.1) is 5.82 Å². The van der Waals surface area contributed by atoms with Crippen LogP contribution in [0.15, 0.2) is 52.8 Å². The molecule has 1 amide bonds. The Morgan fingerprint density at radius 1 is 1.14 bits per heavy atom. The Morgan fingerprint density at radius 2 is 1.86 bits per heavy atom. The fraction of sp³-hybridized carbons (Fsp3) is 0.292. The molecule has 2 aliphatic rings. The van der Waals surface area contributed by atoms with E-state index in [-0.39, 0.29) is 22.9 Å². The number of hydrazone groups is 1. The molecule has 3 aromatic rings. The average Bonchev–Trinajstić information content (AvgIpc) is 3.70. The quantitative estimate of drug-likeness (QED) is 0.316. The summed E-state index contributed by atoms with van der Waals surface area (Å²) in [5.74, 6) is -2.22. The highest BCUT2D eigenvalue weighted by Gasteiger charge is 2.28.